The lowest BCUT2D eigenvalue weighted by Crippen LogP contribution is -1.98. The molecular formula is C16H16BrClO2S. The van der Waals surface area contributed by atoms with E-state index in [9.17, 15) is 0 Å². The fourth-order valence-corrected chi connectivity index (χ4v) is 4.54. The van der Waals surface area contributed by atoms with E-state index < -0.39 is 0 Å². The molecule has 2 nitrogen and oxygen atoms in total. The fraction of sp³-hybridized carbons (Fsp3) is 0.375. The van der Waals surface area contributed by atoms with Crippen molar-refractivity contribution < 1.29 is 9.47 Å². The molecule has 1 atom stereocenters. The maximum Gasteiger partial charge on any atom is 0.162 e. The standard InChI is InChI=1S/C16H16BrClO2S/c1-2-10-4-7-21-16(10)15(18)11-8-13-14(9-12(11)17)20-6-3-5-19-13/h4,7-9,15H,2-3,5-6H2,1H3. The van der Waals surface area contributed by atoms with Crippen LogP contribution in [0.1, 0.15) is 34.7 Å². The zero-order valence-electron chi connectivity index (χ0n) is 11.7. The molecule has 1 aliphatic heterocycles. The van der Waals surface area contributed by atoms with Gasteiger partial charge < -0.3 is 9.47 Å². The minimum atomic E-state index is -0.175. The molecule has 3 rings (SSSR count). The molecule has 0 saturated heterocycles. The fourth-order valence-electron chi connectivity index (χ4n) is 2.40. The van der Waals surface area contributed by atoms with E-state index in [-0.39, 0.29) is 5.38 Å². The molecule has 5 heteroatoms. The molecule has 0 amide bonds. The summed E-state index contributed by atoms with van der Waals surface area (Å²) in [5.41, 5.74) is 2.33. The van der Waals surface area contributed by atoms with Gasteiger partial charge in [0, 0.05) is 15.8 Å². The molecule has 0 spiro atoms. The van der Waals surface area contributed by atoms with Gasteiger partial charge in [-0.05, 0) is 41.1 Å². The Morgan fingerprint density at radius 1 is 1.29 bits per heavy atom. The number of aryl methyl sites for hydroxylation is 1. The zero-order chi connectivity index (χ0) is 14.8. The summed E-state index contributed by atoms with van der Waals surface area (Å²) >= 11 is 12.1. The average Bonchev–Trinajstić information content (AvgIpc) is 2.85. The van der Waals surface area contributed by atoms with E-state index in [1.54, 1.807) is 11.3 Å². The molecule has 0 aliphatic carbocycles. The second-order valence-electron chi connectivity index (χ2n) is 4.90. The molecule has 1 aliphatic rings. The maximum atomic E-state index is 6.73. The van der Waals surface area contributed by atoms with Gasteiger partial charge in [0.25, 0.3) is 0 Å². The van der Waals surface area contributed by atoms with Crippen molar-refractivity contribution in [1.82, 2.24) is 0 Å². The molecule has 0 saturated carbocycles. The highest BCUT2D eigenvalue weighted by Gasteiger charge is 2.22. The Hall–Kier alpha value is -0.710. The van der Waals surface area contributed by atoms with Gasteiger partial charge in [-0.15, -0.1) is 22.9 Å². The van der Waals surface area contributed by atoms with E-state index in [0.29, 0.717) is 13.2 Å². The third-order valence-corrected chi connectivity index (χ3v) is 5.83. The lowest BCUT2D eigenvalue weighted by Gasteiger charge is -2.16. The summed E-state index contributed by atoms with van der Waals surface area (Å²) in [6.07, 6.45) is 1.89. The summed E-state index contributed by atoms with van der Waals surface area (Å²) in [5, 5.41) is 1.92. The van der Waals surface area contributed by atoms with Crippen molar-refractivity contribution >= 4 is 38.9 Å². The zero-order valence-corrected chi connectivity index (χ0v) is 14.9. The Bertz CT molecular complexity index is 641. The number of benzene rings is 1. The quantitative estimate of drug-likeness (QED) is 0.642. The van der Waals surface area contributed by atoms with Gasteiger partial charge in [0.2, 0.25) is 0 Å². The van der Waals surface area contributed by atoms with Gasteiger partial charge in [-0.2, -0.15) is 0 Å². The van der Waals surface area contributed by atoms with Crippen molar-refractivity contribution in [3.05, 3.63) is 44.1 Å². The Balaban J connectivity index is 2.00. The highest BCUT2D eigenvalue weighted by molar-refractivity contribution is 9.10. The van der Waals surface area contributed by atoms with Crippen molar-refractivity contribution in [2.24, 2.45) is 0 Å². The smallest absolute Gasteiger partial charge is 0.162 e. The van der Waals surface area contributed by atoms with Crippen molar-refractivity contribution in [3.63, 3.8) is 0 Å². The van der Waals surface area contributed by atoms with Crippen LogP contribution in [0.25, 0.3) is 0 Å². The van der Waals surface area contributed by atoms with Crippen LogP contribution in [0.3, 0.4) is 0 Å². The van der Waals surface area contributed by atoms with Crippen LogP contribution >= 0.6 is 38.9 Å². The molecule has 1 aromatic heterocycles. The molecule has 112 valence electrons. The van der Waals surface area contributed by atoms with E-state index in [0.717, 1.165) is 34.4 Å². The Morgan fingerprint density at radius 2 is 2.00 bits per heavy atom. The Kier molecular flexibility index (Phi) is 4.77. The molecule has 1 unspecified atom stereocenters. The SMILES string of the molecule is CCc1ccsc1C(Cl)c1cc2c(cc1Br)OCCCO2. The number of halogens is 2. The highest BCUT2D eigenvalue weighted by Crippen LogP contribution is 2.43. The molecule has 2 heterocycles. The van der Waals surface area contributed by atoms with Gasteiger partial charge >= 0.3 is 0 Å². The lowest BCUT2D eigenvalue weighted by atomic mass is 10.1. The summed E-state index contributed by atoms with van der Waals surface area (Å²) in [4.78, 5) is 1.20. The van der Waals surface area contributed by atoms with Gasteiger partial charge in [-0.25, -0.2) is 0 Å². The number of fused-ring (bicyclic) bond motifs is 1. The first-order valence-electron chi connectivity index (χ1n) is 7.00. The third-order valence-electron chi connectivity index (χ3n) is 3.53. The molecule has 0 radical (unpaired) electrons. The van der Waals surface area contributed by atoms with Crippen LogP contribution in [0.5, 0.6) is 11.5 Å². The van der Waals surface area contributed by atoms with E-state index >= 15 is 0 Å². The average molecular weight is 388 g/mol. The van der Waals surface area contributed by atoms with E-state index in [1.807, 2.05) is 12.1 Å². The van der Waals surface area contributed by atoms with Gasteiger partial charge in [0.15, 0.2) is 11.5 Å². The Morgan fingerprint density at radius 3 is 2.71 bits per heavy atom. The van der Waals surface area contributed by atoms with Crippen LogP contribution in [0.15, 0.2) is 28.1 Å². The highest BCUT2D eigenvalue weighted by atomic mass is 79.9. The first kappa shape index (κ1) is 15.2. The molecule has 0 fully saturated rings. The van der Waals surface area contributed by atoms with Crippen molar-refractivity contribution in [2.75, 3.05) is 13.2 Å². The van der Waals surface area contributed by atoms with Gasteiger partial charge in [-0.3, -0.25) is 0 Å². The van der Waals surface area contributed by atoms with Crippen LogP contribution in [-0.2, 0) is 6.42 Å². The third kappa shape index (κ3) is 3.08. The number of hydrogen-bond donors (Lipinski definition) is 0. The molecule has 21 heavy (non-hydrogen) atoms. The lowest BCUT2D eigenvalue weighted by molar-refractivity contribution is 0.297. The van der Waals surface area contributed by atoms with E-state index in [2.05, 4.69) is 34.3 Å². The second kappa shape index (κ2) is 6.59. The molecule has 1 aromatic carbocycles. The summed E-state index contributed by atoms with van der Waals surface area (Å²) in [6, 6.07) is 6.11. The first-order chi connectivity index (χ1) is 10.2. The van der Waals surface area contributed by atoms with E-state index in [4.69, 9.17) is 21.1 Å². The number of hydrogen-bond acceptors (Lipinski definition) is 3. The van der Waals surface area contributed by atoms with Gasteiger partial charge in [0.1, 0.15) is 0 Å². The number of alkyl halides is 1. The van der Waals surface area contributed by atoms with Gasteiger partial charge in [-0.1, -0.05) is 22.9 Å². The monoisotopic (exact) mass is 386 g/mol. The van der Waals surface area contributed by atoms with Gasteiger partial charge in [0.05, 0.1) is 18.6 Å². The van der Waals surface area contributed by atoms with Crippen LogP contribution in [0, 0.1) is 0 Å². The van der Waals surface area contributed by atoms with Crippen molar-refractivity contribution in [3.8, 4) is 11.5 Å². The number of thiophene rings is 1. The second-order valence-corrected chi connectivity index (χ2v) is 7.14. The van der Waals surface area contributed by atoms with Crippen LogP contribution in [-0.4, -0.2) is 13.2 Å². The largest absolute Gasteiger partial charge is 0.490 e. The molecule has 0 bridgehead atoms. The number of rotatable bonds is 3. The summed E-state index contributed by atoms with van der Waals surface area (Å²) in [6.45, 7) is 3.52. The minimum Gasteiger partial charge on any atom is -0.490 e. The minimum absolute atomic E-state index is 0.175. The van der Waals surface area contributed by atoms with Crippen molar-refractivity contribution in [2.45, 2.75) is 25.1 Å². The predicted octanol–water partition coefficient (Wildman–Crippen LogP) is 5.56. The normalized spacial score (nSPS) is 15.6. The number of ether oxygens (including phenoxy) is 2. The molecule has 2 aromatic rings. The Labute approximate surface area is 142 Å². The summed E-state index contributed by atoms with van der Waals surface area (Å²) in [7, 11) is 0. The van der Waals surface area contributed by atoms with Crippen LogP contribution < -0.4 is 9.47 Å². The predicted molar refractivity (Wildman–Crippen MR) is 91.1 cm³/mol. The van der Waals surface area contributed by atoms with Crippen molar-refractivity contribution in [1.29, 1.82) is 0 Å². The summed E-state index contributed by atoms with van der Waals surface area (Å²) in [5.74, 6) is 1.57. The maximum absolute atomic E-state index is 6.73. The molecule has 0 N–H and O–H groups in total. The van der Waals surface area contributed by atoms with Crippen LogP contribution in [0.4, 0.5) is 0 Å². The topological polar surface area (TPSA) is 18.5 Å². The first-order valence-corrected chi connectivity index (χ1v) is 9.11. The molecular weight excluding hydrogens is 372 g/mol. The van der Waals surface area contributed by atoms with Crippen LogP contribution in [0.2, 0.25) is 0 Å². The van der Waals surface area contributed by atoms with E-state index in [1.165, 1.54) is 10.4 Å². The summed E-state index contributed by atoms with van der Waals surface area (Å²) < 4.78 is 12.4.